The highest BCUT2D eigenvalue weighted by Gasteiger charge is 2.56. The highest BCUT2D eigenvalue weighted by Crippen LogP contribution is 2.47. The molecule has 1 aliphatic carbocycles. The molecule has 2 heterocycles. The molecule has 2 aromatic carbocycles. The number of halogens is 2. The van der Waals surface area contributed by atoms with Crippen molar-refractivity contribution in [2.24, 2.45) is 5.41 Å². The van der Waals surface area contributed by atoms with Crippen molar-refractivity contribution in [3.05, 3.63) is 72.1 Å². The van der Waals surface area contributed by atoms with Crippen molar-refractivity contribution in [2.45, 2.75) is 19.8 Å². The number of aromatic nitrogens is 3. The average molecular weight is 463 g/mol. The number of H-pyrrole nitrogens is 1. The molecular formula is C24H19F2N5O3. The number of rotatable bonds is 6. The molecule has 4 aromatic rings. The van der Waals surface area contributed by atoms with E-state index >= 15 is 0 Å². The smallest absolute Gasteiger partial charge is 0.240 e. The van der Waals surface area contributed by atoms with E-state index in [-0.39, 0.29) is 11.4 Å². The maximum Gasteiger partial charge on any atom is 0.240 e. The average Bonchev–Trinajstić information content (AvgIpc) is 3.55. The predicted octanol–water partition coefficient (Wildman–Crippen LogP) is 4.69. The van der Waals surface area contributed by atoms with Crippen molar-refractivity contribution in [3.63, 3.8) is 0 Å². The summed E-state index contributed by atoms with van der Waals surface area (Å²) in [4.78, 5) is 29.6. The number of carbonyl (C=O) groups excluding carboxylic acids is 2. The molecular weight excluding hydrogens is 444 g/mol. The van der Waals surface area contributed by atoms with E-state index in [9.17, 15) is 18.4 Å². The van der Waals surface area contributed by atoms with Crippen LogP contribution >= 0.6 is 0 Å². The summed E-state index contributed by atoms with van der Waals surface area (Å²) in [6.45, 7) is 1.80. The molecule has 8 nitrogen and oxygen atoms in total. The number of nitrogens with zero attached hydrogens (tertiary/aromatic N) is 2. The number of amides is 2. The highest BCUT2D eigenvalue weighted by molar-refractivity contribution is 6.16. The second-order valence-electron chi connectivity index (χ2n) is 8.10. The molecule has 0 aliphatic heterocycles. The Bertz CT molecular complexity index is 1410. The molecule has 3 N–H and O–H groups in total. The third-order valence-corrected chi connectivity index (χ3v) is 5.73. The van der Waals surface area contributed by atoms with E-state index < -0.39 is 28.9 Å². The van der Waals surface area contributed by atoms with Crippen LogP contribution in [-0.2, 0) is 9.59 Å². The second-order valence-corrected chi connectivity index (χ2v) is 8.10. The van der Waals surface area contributed by atoms with Crippen LogP contribution in [0.3, 0.4) is 0 Å². The first-order valence-electron chi connectivity index (χ1n) is 10.5. The molecule has 0 radical (unpaired) electrons. The summed E-state index contributed by atoms with van der Waals surface area (Å²) in [5.74, 6) is -1.80. The van der Waals surface area contributed by atoms with Crippen molar-refractivity contribution >= 4 is 34.2 Å². The van der Waals surface area contributed by atoms with Gasteiger partial charge in [-0.15, -0.1) is 0 Å². The van der Waals surface area contributed by atoms with Crippen molar-refractivity contribution in [1.29, 1.82) is 0 Å². The lowest BCUT2D eigenvalue weighted by Crippen LogP contribution is -2.35. The second kappa shape index (κ2) is 8.22. The number of fused-ring (bicyclic) bond motifs is 1. The van der Waals surface area contributed by atoms with E-state index in [0.717, 1.165) is 11.8 Å². The van der Waals surface area contributed by atoms with Gasteiger partial charge >= 0.3 is 0 Å². The fourth-order valence-corrected chi connectivity index (χ4v) is 3.65. The Kier molecular flexibility index (Phi) is 5.20. The van der Waals surface area contributed by atoms with Crippen molar-refractivity contribution in [2.75, 3.05) is 10.6 Å². The van der Waals surface area contributed by atoms with Crippen molar-refractivity contribution < 1.29 is 23.1 Å². The van der Waals surface area contributed by atoms with Gasteiger partial charge in [-0.3, -0.25) is 14.7 Å². The van der Waals surface area contributed by atoms with Crippen LogP contribution in [0, 0.1) is 24.0 Å². The quantitative estimate of drug-likeness (QED) is 0.359. The largest absolute Gasteiger partial charge is 0.453 e. The summed E-state index contributed by atoms with van der Waals surface area (Å²) in [6.07, 6.45) is 2.23. The number of aryl methyl sites for hydroxylation is 1. The normalized spacial score (nSPS) is 14.0. The van der Waals surface area contributed by atoms with Gasteiger partial charge in [0.2, 0.25) is 11.8 Å². The zero-order valence-electron chi connectivity index (χ0n) is 18.0. The summed E-state index contributed by atoms with van der Waals surface area (Å²) < 4.78 is 33.6. The SMILES string of the molecule is Cc1[nH]nc2nccc(Oc3ccc(NC(=O)C4(C(=O)Nc5ccc(F)cc5)CC4)cc3F)c12. The third kappa shape index (κ3) is 3.94. The molecule has 1 aliphatic rings. The van der Waals surface area contributed by atoms with E-state index in [1.807, 2.05) is 0 Å². The lowest BCUT2D eigenvalue weighted by molar-refractivity contribution is -0.131. The first-order valence-corrected chi connectivity index (χ1v) is 10.5. The Balaban J connectivity index is 1.29. The molecule has 0 unspecified atom stereocenters. The molecule has 10 heteroatoms. The number of hydrogen-bond acceptors (Lipinski definition) is 5. The van der Waals surface area contributed by atoms with E-state index in [1.54, 1.807) is 13.0 Å². The van der Waals surface area contributed by atoms with Gasteiger partial charge in [0, 0.05) is 29.3 Å². The minimum Gasteiger partial charge on any atom is -0.453 e. The Morgan fingerprint density at radius 3 is 2.32 bits per heavy atom. The van der Waals surface area contributed by atoms with Crippen LogP contribution in [-0.4, -0.2) is 27.0 Å². The Labute approximate surface area is 192 Å². The molecule has 2 amide bonds. The Morgan fingerprint density at radius 2 is 1.65 bits per heavy atom. The lowest BCUT2D eigenvalue weighted by Gasteiger charge is -2.16. The lowest BCUT2D eigenvalue weighted by atomic mass is 10.0. The van der Waals surface area contributed by atoms with Crippen molar-refractivity contribution in [3.8, 4) is 11.5 Å². The summed E-state index contributed by atoms with van der Waals surface area (Å²) in [6, 6.07) is 10.9. The van der Waals surface area contributed by atoms with Crippen LogP contribution in [0.25, 0.3) is 11.0 Å². The number of ether oxygens (including phenoxy) is 1. The van der Waals surface area contributed by atoms with Crippen LogP contribution in [0.2, 0.25) is 0 Å². The maximum absolute atomic E-state index is 14.8. The number of pyridine rings is 1. The Hall–Kier alpha value is -4.34. The highest BCUT2D eigenvalue weighted by atomic mass is 19.1. The van der Waals surface area contributed by atoms with Crippen LogP contribution in [0.1, 0.15) is 18.5 Å². The predicted molar refractivity (Wildman–Crippen MR) is 120 cm³/mol. The Morgan fingerprint density at radius 1 is 0.971 bits per heavy atom. The third-order valence-electron chi connectivity index (χ3n) is 5.73. The van der Waals surface area contributed by atoms with E-state index in [2.05, 4.69) is 25.8 Å². The van der Waals surface area contributed by atoms with E-state index in [0.29, 0.717) is 35.3 Å². The van der Waals surface area contributed by atoms with Gasteiger partial charge < -0.3 is 15.4 Å². The molecule has 172 valence electrons. The molecule has 1 fully saturated rings. The van der Waals surface area contributed by atoms with E-state index in [1.165, 1.54) is 42.6 Å². The number of nitrogens with one attached hydrogen (secondary N) is 3. The number of hydrogen-bond donors (Lipinski definition) is 3. The van der Waals surface area contributed by atoms with Crippen LogP contribution in [0.4, 0.5) is 20.2 Å². The standard InChI is InChI=1S/C24H19F2N5O3/c1-13-20-19(8-11-27-21(20)31-30-13)34-18-7-6-16(12-17(18)26)29-23(33)24(9-10-24)22(32)28-15-4-2-14(25)3-5-15/h2-8,11-12H,9-10H2,1H3,(H,28,32)(H,29,33)(H,27,30,31). The number of aromatic amines is 1. The summed E-state index contributed by atoms with van der Waals surface area (Å²) in [5.41, 5.74) is 0.511. The zero-order chi connectivity index (χ0) is 23.9. The minimum atomic E-state index is -1.25. The number of benzene rings is 2. The number of carbonyl (C=O) groups is 2. The fraction of sp³-hybridized carbons (Fsp3) is 0.167. The monoisotopic (exact) mass is 463 g/mol. The molecule has 0 spiro atoms. The summed E-state index contributed by atoms with van der Waals surface area (Å²) >= 11 is 0. The molecule has 0 atom stereocenters. The van der Waals surface area contributed by atoms with Gasteiger partial charge in [0.05, 0.1) is 5.39 Å². The van der Waals surface area contributed by atoms with E-state index in [4.69, 9.17) is 4.74 Å². The number of anilines is 2. The zero-order valence-corrected chi connectivity index (χ0v) is 18.0. The van der Waals surface area contributed by atoms with Gasteiger partial charge in [-0.1, -0.05) is 0 Å². The summed E-state index contributed by atoms with van der Waals surface area (Å²) in [5, 5.41) is 12.7. The van der Waals surface area contributed by atoms with Crippen LogP contribution in [0.15, 0.2) is 54.7 Å². The van der Waals surface area contributed by atoms with Gasteiger partial charge in [-0.2, -0.15) is 5.10 Å². The van der Waals surface area contributed by atoms with Gasteiger partial charge in [0.1, 0.15) is 17.0 Å². The van der Waals surface area contributed by atoms with Crippen molar-refractivity contribution in [1.82, 2.24) is 15.2 Å². The van der Waals surface area contributed by atoms with Crippen LogP contribution < -0.4 is 15.4 Å². The first-order chi connectivity index (χ1) is 16.4. The molecule has 34 heavy (non-hydrogen) atoms. The maximum atomic E-state index is 14.8. The molecule has 2 aromatic heterocycles. The summed E-state index contributed by atoms with van der Waals surface area (Å²) in [7, 11) is 0. The molecule has 0 bridgehead atoms. The molecule has 5 rings (SSSR count). The van der Waals surface area contributed by atoms with Gasteiger partial charge in [-0.25, -0.2) is 13.8 Å². The molecule has 1 saturated carbocycles. The molecule has 0 saturated heterocycles. The topological polar surface area (TPSA) is 109 Å². The van der Waals surface area contributed by atoms with Crippen LogP contribution in [0.5, 0.6) is 11.5 Å². The minimum absolute atomic E-state index is 0.0405. The fourth-order valence-electron chi connectivity index (χ4n) is 3.65. The van der Waals surface area contributed by atoms with Gasteiger partial charge in [-0.05, 0) is 62.2 Å². The van der Waals surface area contributed by atoms with Gasteiger partial charge in [0.15, 0.2) is 17.2 Å². The first kappa shape index (κ1) is 21.5. The van der Waals surface area contributed by atoms with Gasteiger partial charge in [0.25, 0.3) is 0 Å².